The van der Waals surface area contributed by atoms with Gasteiger partial charge in [0.15, 0.2) is 0 Å². The van der Waals surface area contributed by atoms with Gasteiger partial charge in [0.05, 0.1) is 18.8 Å². The molecule has 0 aromatic rings. The van der Waals surface area contributed by atoms with E-state index in [2.05, 4.69) is 4.90 Å². The fourth-order valence-electron chi connectivity index (χ4n) is 2.68. The number of carbonyl (C=O) groups excluding carboxylic acids is 1. The fraction of sp³-hybridized carbons (Fsp3) is 0.917. The highest BCUT2D eigenvalue weighted by Gasteiger charge is 2.28. The fourth-order valence-corrected chi connectivity index (χ4v) is 2.68. The summed E-state index contributed by atoms with van der Waals surface area (Å²) in [5, 5.41) is 0. The molecule has 0 aliphatic carbocycles. The van der Waals surface area contributed by atoms with Gasteiger partial charge in [0.1, 0.15) is 0 Å². The predicted octanol–water partition coefficient (Wildman–Crippen LogP) is -0.345. The third-order valence-electron chi connectivity index (χ3n) is 3.44. The van der Waals surface area contributed by atoms with Gasteiger partial charge < -0.3 is 15.4 Å². The van der Waals surface area contributed by atoms with E-state index in [9.17, 15) is 4.79 Å². The largest absolute Gasteiger partial charge is 0.372 e. The average molecular weight is 241 g/mol. The molecule has 2 rings (SSSR count). The van der Waals surface area contributed by atoms with Crippen LogP contribution in [0.15, 0.2) is 0 Å². The maximum Gasteiger partial charge on any atom is 0.236 e. The van der Waals surface area contributed by atoms with E-state index in [1.807, 2.05) is 18.7 Å². The zero-order chi connectivity index (χ0) is 12.4. The number of rotatable bonds is 2. The van der Waals surface area contributed by atoms with Crippen LogP contribution in [0.4, 0.5) is 0 Å². The summed E-state index contributed by atoms with van der Waals surface area (Å²) in [6.45, 7) is 7.76. The van der Waals surface area contributed by atoms with E-state index in [-0.39, 0.29) is 24.2 Å². The number of hydrogen-bond donors (Lipinski definition) is 1. The Morgan fingerprint density at radius 2 is 1.94 bits per heavy atom. The van der Waals surface area contributed by atoms with E-state index in [1.54, 1.807) is 0 Å². The SMILES string of the molecule is CC1CN(C(=O)CN2CC[C@H](N)C2)CC(C)O1. The van der Waals surface area contributed by atoms with E-state index in [1.165, 1.54) is 0 Å². The predicted molar refractivity (Wildman–Crippen MR) is 65.6 cm³/mol. The molecule has 5 heteroatoms. The van der Waals surface area contributed by atoms with Crippen LogP contribution in [0.25, 0.3) is 0 Å². The molecule has 5 nitrogen and oxygen atoms in total. The summed E-state index contributed by atoms with van der Waals surface area (Å²) in [5.74, 6) is 0.209. The molecule has 2 heterocycles. The number of hydrogen-bond acceptors (Lipinski definition) is 4. The van der Waals surface area contributed by atoms with Gasteiger partial charge in [0, 0.05) is 32.2 Å². The van der Waals surface area contributed by atoms with Crippen molar-refractivity contribution in [2.45, 2.75) is 38.5 Å². The minimum atomic E-state index is 0.142. The second-order valence-corrected chi connectivity index (χ2v) is 5.34. The summed E-state index contributed by atoms with van der Waals surface area (Å²) in [5.41, 5.74) is 5.84. The maximum atomic E-state index is 12.1. The Kier molecular flexibility index (Phi) is 4.01. The Hall–Kier alpha value is -0.650. The van der Waals surface area contributed by atoms with Crippen LogP contribution in [0.2, 0.25) is 0 Å². The minimum absolute atomic E-state index is 0.142. The lowest BCUT2D eigenvalue weighted by atomic mass is 10.2. The molecule has 2 aliphatic rings. The van der Waals surface area contributed by atoms with Crippen LogP contribution in [0.3, 0.4) is 0 Å². The van der Waals surface area contributed by atoms with Gasteiger partial charge in [0.25, 0.3) is 0 Å². The third-order valence-corrected chi connectivity index (χ3v) is 3.44. The molecule has 0 spiro atoms. The van der Waals surface area contributed by atoms with Crippen molar-refractivity contribution in [1.82, 2.24) is 9.80 Å². The van der Waals surface area contributed by atoms with Crippen LogP contribution in [-0.2, 0) is 9.53 Å². The molecule has 0 bridgehead atoms. The average Bonchev–Trinajstić information content (AvgIpc) is 2.62. The first kappa shape index (κ1) is 12.8. The summed E-state index contributed by atoms with van der Waals surface area (Å²) < 4.78 is 5.63. The number of ether oxygens (including phenoxy) is 1. The maximum absolute atomic E-state index is 12.1. The highest BCUT2D eigenvalue weighted by Crippen LogP contribution is 2.12. The van der Waals surface area contributed by atoms with Crippen molar-refractivity contribution in [1.29, 1.82) is 0 Å². The second-order valence-electron chi connectivity index (χ2n) is 5.34. The van der Waals surface area contributed by atoms with Crippen molar-refractivity contribution in [3.63, 3.8) is 0 Å². The Morgan fingerprint density at radius 3 is 2.47 bits per heavy atom. The number of likely N-dealkylation sites (tertiary alicyclic amines) is 1. The normalized spacial score (nSPS) is 35.2. The molecule has 0 radical (unpaired) electrons. The van der Waals surface area contributed by atoms with Gasteiger partial charge in [0.2, 0.25) is 5.91 Å². The van der Waals surface area contributed by atoms with Crippen LogP contribution < -0.4 is 5.73 Å². The number of morpholine rings is 1. The van der Waals surface area contributed by atoms with E-state index in [0.717, 1.165) is 19.5 Å². The third kappa shape index (κ3) is 3.40. The zero-order valence-corrected chi connectivity index (χ0v) is 10.8. The first-order valence-corrected chi connectivity index (χ1v) is 6.45. The van der Waals surface area contributed by atoms with Crippen molar-refractivity contribution >= 4 is 5.91 Å². The Labute approximate surface area is 103 Å². The van der Waals surface area contributed by atoms with Gasteiger partial charge in [-0.05, 0) is 20.3 Å². The van der Waals surface area contributed by atoms with Gasteiger partial charge in [-0.3, -0.25) is 9.69 Å². The summed E-state index contributed by atoms with van der Waals surface area (Å²) >= 11 is 0. The molecule has 2 N–H and O–H groups in total. The highest BCUT2D eigenvalue weighted by molar-refractivity contribution is 5.78. The zero-order valence-electron chi connectivity index (χ0n) is 10.8. The van der Waals surface area contributed by atoms with Gasteiger partial charge in [-0.1, -0.05) is 0 Å². The monoisotopic (exact) mass is 241 g/mol. The summed E-state index contributed by atoms with van der Waals surface area (Å²) in [4.78, 5) is 16.2. The summed E-state index contributed by atoms with van der Waals surface area (Å²) in [7, 11) is 0. The van der Waals surface area contributed by atoms with Gasteiger partial charge in [-0.25, -0.2) is 0 Å². The molecule has 17 heavy (non-hydrogen) atoms. The smallest absolute Gasteiger partial charge is 0.236 e. The molecule has 0 saturated carbocycles. The van der Waals surface area contributed by atoms with E-state index < -0.39 is 0 Å². The number of amides is 1. The molecule has 98 valence electrons. The molecule has 2 aliphatic heterocycles. The van der Waals surface area contributed by atoms with Crippen molar-refractivity contribution in [2.24, 2.45) is 5.73 Å². The van der Waals surface area contributed by atoms with Crippen LogP contribution in [0.5, 0.6) is 0 Å². The highest BCUT2D eigenvalue weighted by atomic mass is 16.5. The lowest BCUT2D eigenvalue weighted by Crippen LogP contribution is -2.51. The van der Waals surface area contributed by atoms with Crippen molar-refractivity contribution in [3.05, 3.63) is 0 Å². The summed E-state index contributed by atoms with van der Waals surface area (Å²) in [6.07, 6.45) is 1.29. The Morgan fingerprint density at radius 1 is 1.29 bits per heavy atom. The standard InChI is InChI=1S/C12H23N3O2/c1-9-5-15(6-10(2)17-9)12(16)8-14-4-3-11(13)7-14/h9-11H,3-8,13H2,1-2H3/t9?,10?,11-/m0/s1. The molecule has 0 aromatic carbocycles. The first-order chi connectivity index (χ1) is 8.04. The van der Waals surface area contributed by atoms with E-state index in [4.69, 9.17) is 10.5 Å². The van der Waals surface area contributed by atoms with Gasteiger partial charge in [-0.2, -0.15) is 0 Å². The molecule has 0 aromatic heterocycles. The number of carbonyl (C=O) groups is 1. The molecule has 2 unspecified atom stereocenters. The molecule has 2 saturated heterocycles. The van der Waals surface area contributed by atoms with Gasteiger partial charge >= 0.3 is 0 Å². The molecular formula is C12H23N3O2. The van der Waals surface area contributed by atoms with Crippen LogP contribution in [0.1, 0.15) is 20.3 Å². The Bertz CT molecular complexity index is 275. The molecule has 2 fully saturated rings. The first-order valence-electron chi connectivity index (χ1n) is 6.45. The lowest BCUT2D eigenvalue weighted by molar-refractivity contribution is -0.144. The quantitative estimate of drug-likeness (QED) is 0.718. The van der Waals surface area contributed by atoms with Crippen LogP contribution >= 0.6 is 0 Å². The van der Waals surface area contributed by atoms with Crippen molar-refractivity contribution in [2.75, 3.05) is 32.7 Å². The molecule has 3 atom stereocenters. The lowest BCUT2D eigenvalue weighted by Gasteiger charge is -2.36. The second kappa shape index (κ2) is 5.33. The minimum Gasteiger partial charge on any atom is -0.372 e. The van der Waals surface area contributed by atoms with E-state index >= 15 is 0 Å². The van der Waals surface area contributed by atoms with Crippen molar-refractivity contribution < 1.29 is 9.53 Å². The summed E-state index contributed by atoms with van der Waals surface area (Å²) in [6, 6.07) is 0.241. The Balaban J connectivity index is 1.82. The van der Waals surface area contributed by atoms with E-state index in [0.29, 0.717) is 19.6 Å². The number of nitrogens with two attached hydrogens (primary N) is 1. The molecule has 1 amide bonds. The van der Waals surface area contributed by atoms with Gasteiger partial charge in [-0.15, -0.1) is 0 Å². The van der Waals surface area contributed by atoms with Crippen LogP contribution in [-0.4, -0.2) is 66.7 Å². The molecular weight excluding hydrogens is 218 g/mol. The van der Waals surface area contributed by atoms with Crippen molar-refractivity contribution in [3.8, 4) is 0 Å². The van der Waals surface area contributed by atoms with Crippen LogP contribution in [0, 0.1) is 0 Å². The number of nitrogens with zero attached hydrogens (tertiary/aromatic N) is 2. The topological polar surface area (TPSA) is 58.8 Å².